The first-order valence-electron chi connectivity index (χ1n) is 18.1. The maximum absolute atomic E-state index is 15.0. The van der Waals surface area contributed by atoms with Crippen LogP contribution in [-0.2, 0) is 30.5 Å². The van der Waals surface area contributed by atoms with Gasteiger partial charge in [0.2, 0.25) is 11.8 Å². The van der Waals surface area contributed by atoms with Crippen LogP contribution in [0.1, 0.15) is 44.5 Å². The molecule has 0 saturated carbocycles. The van der Waals surface area contributed by atoms with Gasteiger partial charge in [-0.1, -0.05) is 24.3 Å². The van der Waals surface area contributed by atoms with Gasteiger partial charge in [-0.25, -0.2) is 9.37 Å². The molecule has 0 N–H and O–H groups in total. The van der Waals surface area contributed by atoms with Crippen molar-refractivity contribution in [1.82, 2.24) is 14.8 Å². The smallest absolute Gasteiger partial charge is 0.416 e. The third-order valence-corrected chi connectivity index (χ3v) is 9.34. The lowest BCUT2D eigenvalue weighted by atomic mass is 10.1. The lowest BCUT2D eigenvalue weighted by molar-refractivity contribution is -0.137. The number of rotatable bonds is 13. The van der Waals surface area contributed by atoms with Crippen molar-refractivity contribution in [3.63, 3.8) is 0 Å². The Kier molecular flexibility index (Phi) is 14.3. The van der Waals surface area contributed by atoms with E-state index in [-0.39, 0.29) is 30.7 Å². The van der Waals surface area contributed by atoms with Gasteiger partial charge >= 0.3 is 6.18 Å². The second-order valence-electron chi connectivity index (χ2n) is 13.5. The Hall–Kier alpha value is -5.90. The zero-order chi connectivity index (χ0) is 39.7. The summed E-state index contributed by atoms with van der Waals surface area (Å²) in [6, 6.07) is 26.2. The van der Waals surface area contributed by atoms with E-state index in [1.165, 1.54) is 18.2 Å². The number of hydrogen-bond donors (Lipinski definition) is 0. The Morgan fingerprint density at radius 2 is 1.53 bits per heavy atom. The van der Waals surface area contributed by atoms with E-state index >= 15 is 4.39 Å². The van der Waals surface area contributed by atoms with Crippen molar-refractivity contribution >= 4 is 24.4 Å². The number of carbonyl (C=O) groups is 1. The summed E-state index contributed by atoms with van der Waals surface area (Å²) >= 11 is 0. The highest BCUT2D eigenvalue weighted by Crippen LogP contribution is 2.31. The van der Waals surface area contributed by atoms with E-state index in [0.29, 0.717) is 80.0 Å². The van der Waals surface area contributed by atoms with Crippen LogP contribution in [0, 0.1) is 31.0 Å². The number of amides is 1. The molecule has 0 unspecified atom stereocenters. The van der Waals surface area contributed by atoms with Gasteiger partial charge in [-0.2, -0.15) is 18.4 Å². The van der Waals surface area contributed by atoms with E-state index in [1.807, 2.05) is 44.2 Å². The second-order valence-corrected chi connectivity index (χ2v) is 13.5. The summed E-state index contributed by atoms with van der Waals surface area (Å²) in [5.41, 5.74) is 4.70. The van der Waals surface area contributed by atoms with Crippen molar-refractivity contribution in [2.45, 2.75) is 39.6 Å². The van der Waals surface area contributed by atoms with Gasteiger partial charge in [0, 0.05) is 56.9 Å². The molecule has 0 bridgehead atoms. The summed E-state index contributed by atoms with van der Waals surface area (Å²) in [6.45, 7) is 7.06. The fourth-order valence-corrected chi connectivity index (χ4v) is 6.24. The molecule has 1 fully saturated rings. The van der Waals surface area contributed by atoms with Crippen molar-refractivity contribution in [1.29, 1.82) is 5.26 Å². The number of benzene rings is 4. The summed E-state index contributed by atoms with van der Waals surface area (Å²) in [4.78, 5) is 21.3. The molecule has 1 aliphatic rings. The maximum atomic E-state index is 15.0. The van der Waals surface area contributed by atoms with Gasteiger partial charge in [0.05, 0.1) is 30.0 Å². The van der Waals surface area contributed by atoms with Crippen LogP contribution in [0.5, 0.6) is 23.1 Å². The summed E-state index contributed by atoms with van der Waals surface area (Å²) in [5, 5.41) is 8.96. The monoisotopic (exact) mass is 800 g/mol. The SMILES string of the molecule is Cc1cc(/C=C/C(=O)N2CCN(Cc3ccc(CCOc4ccc(C(F)(F)F)cc4)cc3F)CC2)cc(C)c1Oc1ccc(OCc2ccc(C#N)cc2)cn1.Cl. The molecule has 0 atom stereocenters. The molecule has 1 aliphatic heterocycles. The Bertz CT molecular complexity index is 2180. The lowest BCUT2D eigenvalue weighted by Crippen LogP contribution is -2.47. The molecule has 5 aromatic rings. The van der Waals surface area contributed by atoms with Crippen LogP contribution < -0.4 is 14.2 Å². The number of nitriles is 1. The molecule has 4 aromatic carbocycles. The highest BCUT2D eigenvalue weighted by molar-refractivity contribution is 5.92. The van der Waals surface area contributed by atoms with Crippen LogP contribution in [0.4, 0.5) is 17.6 Å². The first-order valence-corrected chi connectivity index (χ1v) is 18.1. The van der Waals surface area contributed by atoms with Crippen LogP contribution >= 0.6 is 12.4 Å². The fourth-order valence-electron chi connectivity index (χ4n) is 6.24. The van der Waals surface area contributed by atoms with E-state index in [1.54, 1.807) is 53.6 Å². The van der Waals surface area contributed by atoms with Crippen LogP contribution in [0.3, 0.4) is 0 Å². The van der Waals surface area contributed by atoms with E-state index in [0.717, 1.165) is 39.9 Å². The highest BCUT2D eigenvalue weighted by Gasteiger charge is 2.30. The third-order valence-electron chi connectivity index (χ3n) is 9.34. The Balaban J connectivity index is 0.00000620. The average molecular weight is 801 g/mol. The van der Waals surface area contributed by atoms with Gasteiger partial charge < -0.3 is 19.1 Å². The first-order chi connectivity index (χ1) is 26.9. The molecular formula is C44H41ClF4N4O4. The number of nitrogens with zero attached hydrogens (tertiary/aromatic N) is 4. The van der Waals surface area contributed by atoms with Gasteiger partial charge in [0.15, 0.2) is 0 Å². The molecule has 0 aliphatic carbocycles. The lowest BCUT2D eigenvalue weighted by Gasteiger charge is -2.34. The largest absolute Gasteiger partial charge is 0.493 e. The number of ether oxygens (including phenoxy) is 3. The molecule has 0 radical (unpaired) electrons. The molecule has 6 rings (SSSR count). The molecular weight excluding hydrogens is 760 g/mol. The van der Waals surface area contributed by atoms with Crippen molar-refractivity contribution in [3.05, 3.63) is 154 Å². The third kappa shape index (κ3) is 11.8. The number of aryl methyl sites for hydroxylation is 2. The second kappa shape index (κ2) is 19.3. The zero-order valence-electron chi connectivity index (χ0n) is 31.4. The molecule has 1 saturated heterocycles. The van der Waals surface area contributed by atoms with Crippen LogP contribution in [0.15, 0.2) is 103 Å². The predicted molar refractivity (Wildman–Crippen MR) is 211 cm³/mol. The minimum Gasteiger partial charge on any atom is -0.493 e. The Morgan fingerprint density at radius 1 is 0.860 bits per heavy atom. The minimum atomic E-state index is -4.41. The zero-order valence-corrected chi connectivity index (χ0v) is 32.2. The summed E-state index contributed by atoms with van der Waals surface area (Å²) in [5.74, 6) is 1.57. The van der Waals surface area contributed by atoms with E-state index in [2.05, 4.69) is 16.0 Å². The van der Waals surface area contributed by atoms with Gasteiger partial charge in [0.25, 0.3) is 0 Å². The number of carbonyl (C=O) groups excluding carboxylic acids is 1. The molecule has 57 heavy (non-hydrogen) atoms. The van der Waals surface area contributed by atoms with Gasteiger partial charge in [-0.15, -0.1) is 12.4 Å². The molecule has 0 spiro atoms. The quantitative estimate of drug-likeness (QED) is 0.0867. The number of alkyl halides is 3. The van der Waals surface area contributed by atoms with E-state index in [4.69, 9.17) is 19.5 Å². The molecule has 2 heterocycles. The maximum Gasteiger partial charge on any atom is 0.416 e. The van der Waals surface area contributed by atoms with E-state index in [9.17, 15) is 18.0 Å². The minimum absolute atomic E-state index is 0. The summed E-state index contributed by atoms with van der Waals surface area (Å²) in [6.07, 6.45) is 0.955. The van der Waals surface area contributed by atoms with Gasteiger partial charge in [0.1, 0.15) is 29.7 Å². The van der Waals surface area contributed by atoms with Crippen molar-refractivity contribution < 1.29 is 36.6 Å². The Morgan fingerprint density at radius 3 is 2.14 bits per heavy atom. The summed E-state index contributed by atoms with van der Waals surface area (Å²) in [7, 11) is 0. The van der Waals surface area contributed by atoms with Crippen molar-refractivity contribution in [3.8, 4) is 29.2 Å². The van der Waals surface area contributed by atoms with Gasteiger partial charge in [-0.3, -0.25) is 9.69 Å². The predicted octanol–water partition coefficient (Wildman–Crippen LogP) is 9.50. The van der Waals surface area contributed by atoms with Crippen molar-refractivity contribution in [2.75, 3.05) is 32.8 Å². The normalized spacial score (nSPS) is 13.2. The molecule has 296 valence electrons. The Labute approximate surface area is 335 Å². The standard InChI is InChI=1S/C44H40F4N4O4.ClH/c1-30-23-35(24-31(2)43(30)56-41-15-14-39(27-50-41)55-29-34-5-3-33(26-49)4-6-34)8-16-42(53)52-20-18-51(19-21-52)28-36-9-7-32(25-40(36)45)17-22-54-38-12-10-37(11-13-38)44(46,47)48;/h3-16,23-25,27H,17-22,28-29H2,1-2H3;1H/b16-8+;. The first kappa shape index (κ1) is 42.2. The topological polar surface area (TPSA) is 87.9 Å². The summed E-state index contributed by atoms with van der Waals surface area (Å²) < 4.78 is 70.8. The molecule has 1 aromatic heterocycles. The highest BCUT2D eigenvalue weighted by atomic mass is 35.5. The van der Waals surface area contributed by atoms with Crippen LogP contribution in [0.25, 0.3) is 6.08 Å². The average Bonchev–Trinajstić information content (AvgIpc) is 3.19. The molecule has 1 amide bonds. The number of pyridine rings is 1. The van der Waals surface area contributed by atoms with Gasteiger partial charge in [-0.05, 0) is 108 Å². The molecule has 13 heteroatoms. The number of hydrogen-bond acceptors (Lipinski definition) is 7. The molecule has 8 nitrogen and oxygen atoms in total. The number of piperazine rings is 1. The number of aromatic nitrogens is 1. The fraction of sp³-hybridized carbons (Fsp3) is 0.250. The van der Waals surface area contributed by atoms with Crippen LogP contribution in [0.2, 0.25) is 0 Å². The van der Waals surface area contributed by atoms with E-state index < -0.39 is 11.7 Å². The van der Waals surface area contributed by atoms with Crippen molar-refractivity contribution in [2.24, 2.45) is 0 Å². The number of halogens is 5. The van der Waals surface area contributed by atoms with Crippen LogP contribution in [-0.4, -0.2) is 53.5 Å².